The number of carbonyl (C=O) groups excluding carboxylic acids is 1. The molecule has 0 spiro atoms. The maximum absolute atomic E-state index is 10.9. The molecule has 0 amide bonds. The van der Waals surface area contributed by atoms with Crippen molar-refractivity contribution in [1.29, 1.82) is 0 Å². The smallest absolute Gasteiger partial charge is 0.142 e. The average Bonchev–Trinajstić information content (AvgIpc) is 1.85. The zero-order chi connectivity index (χ0) is 7.98. The molecule has 0 aliphatic carbocycles. The van der Waals surface area contributed by atoms with Gasteiger partial charge < -0.3 is 0 Å². The molecular formula is C8H16OS. The predicted molar refractivity (Wildman–Crippen MR) is 47.5 cm³/mol. The molecule has 0 atom stereocenters. The van der Waals surface area contributed by atoms with Gasteiger partial charge in [0.1, 0.15) is 5.78 Å². The first-order valence-corrected chi connectivity index (χ1v) is 5.06. The molecule has 0 fully saturated rings. The normalized spacial score (nSPS) is 10.4. The van der Waals surface area contributed by atoms with Crippen LogP contribution in [0.25, 0.3) is 0 Å². The molecule has 0 bridgehead atoms. The van der Waals surface area contributed by atoms with Crippen molar-refractivity contribution in [2.45, 2.75) is 26.7 Å². The highest BCUT2D eigenvalue weighted by Crippen LogP contribution is 2.05. The van der Waals surface area contributed by atoms with Crippen molar-refractivity contribution in [3.05, 3.63) is 0 Å². The van der Waals surface area contributed by atoms with Gasteiger partial charge in [-0.15, -0.1) is 0 Å². The Morgan fingerprint density at radius 2 is 2.10 bits per heavy atom. The molecule has 10 heavy (non-hydrogen) atoms. The summed E-state index contributed by atoms with van der Waals surface area (Å²) in [6.45, 7) is 4.29. The predicted octanol–water partition coefficient (Wildman–Crippen LogP) is 2.35. The van der Waals surface area contributed by atoms with Gasteiger partial charge >= 0.3 is 0 Å². The molecule has 0 heterocycles. The maximum Gasteiger partial charge on any atom is 0.142 e. The van der Waals surface area contributed by atoms with E-state index in [4.69, 9.17) is 0 Å². The fourth-order valence-electron chi connectivity index (χ4n) is 0.683. The van der Waals surface area contributed by atoms with Gasteiger partial charge in [-0.2, -0.15) is 11.8 Å². The van der Waals surface area contributed by atoms with Crippen LogP contribution < -0.4 is 0 Å². The first kappa shape index (κ1) is 10.0. The summed E-state index contributed by atoms with van der Waals surface area (Å²) in [5.41, 5.74) is 0. The fraction of sp³-hybridized carbons (Fsp3) is 0.875. The van der Waals surface area contributed by atoms with Crippen LogP contribution in [-0.4, -0.2) is 17.8 Å². The van der Waals surface area contributed by atoms with E-state index in [-0.39, 0.29) is 0 Å². The summed E-state index contributed by atoms with van der Waals surface area (Å²) in [5.74, 6) is 1.74. The van der Waals surface area contributed by atoms with E-state index in [1.165, 1.54) is 0 Å². The number of hydrogen-bond donors (Lipinski definition) is 0. The number of rotatable bonds is 5. The first-order valence-electron chi connectivity index (χ1n) is 3.67. The van der Waals surface area contributed by atoms with Crippen LogP contribution in [-0.2, 0) is 4.79 Å². The van der Waals surface area contributed by atoms with E-state index in [1.807, 2.05) is 6.26 Å². The van der Waals surface area contributed by atoms with Gasteiger partial charge in [-0.25, -0.2) is 0 Å². The molecule has 0 aromatic carbocycles. The van der Waals surface area contributed by atoms with Crippen LogP contribution in [0.15, 0.2) is 0 Å². The Labute approximate surface area is 67.6 Å². The molecule has 60 valence electrons. The van der Waals surface area contributed by atoms with Crippen molar-refractivity contribution in [3.8, 4) is 0 Å². The maximum atomic E-state index is 10.9. The first-order chi connectivity index (χ1) is 4.66. The minimum Gasteiger partial charge on any atom is -0.299 e. The summed E-state index contributed by atoms with van der Waals surface area (Å²) in [6.07, 6.45) is 3.77. The Bertz CT molecular complexity index is 99.4. The lowest BCUT2D eigenvalue weighted by molar-refractivity contribution is -0.116. The van der Waals surface area contributed by atoms with Gasteiger partial charge in [0, 0.05) is 6.42 Å². The van der Waals surface area contributed by atoms with Crippen LogP contribution in [0, 0.1) is 5.92 Å². The van der Waals surface area contributed by atoms with Crippen molar-refractivity contribution in [2.24, 2.45) is 5.92 Å². The van der Waals surface area contributed by atoms with E-state index in [2.05, 4.69) is 13.8 Å². The molecule has 0 saturated carbocycles. The number of hydrogen-bond acceptors (Lipinski definition) is 2. The topological polar surface area (TPSA) is 17.1 Å². The summed E-state index contributed by atoms with van der Waals surface area (Å²) >= 11 is 1.61. The SMILES string of the molecule is CSCC(=O)CCC(C)C. The number of ketones is 1. The Kier molecular flexibility index (Phi) is 5.79. The third-order valence-electron chi connectivity index (χ3n) is 1.31. The van der Waals surface area contributed by atoms with Crippen LogP contribution in [0.2, 0.25) is 0 Å². The second kappa shape index (κ2) is 5.78. The Morgan fingerprint density at radius 1 is 1.50 bits per heavy atom. The molecule has 0 saturated heterocycles. The van der Waals surface area contributed by atoms with Gasteiger partial charge in [0.15, 0.2) is 0 Å². The molecule has 0 aromatic rings. The molecule has 0 aromatic heterocycles. The monoisotopic (exact) mass is 160 g/mol. The Balaban J connectivity index is 3.22. The highest BCUT2D eigenvalue weighted by atomic mass is 32.2. The highest BCUT2D eigenvalue weighted by Gasteiger charge is 2.01. The summed E-state index contributed by atoms with van der Waals surface area (Å²) in [6, 6.07) is 0. The minimum atomic E-state index is 0.390. The van der Waals surface area contributed by atoms with Crippen LogP contribution in [0.4, 0.5) is 0 Å². The van der Waals surface area contributed by atoms with Crippen LogP contribution >= 0.6 is 11.8 Å². The molecule has 0 unspecified atom stereocenters. The van der Waals surface area contributed by atoms with E-state index < -0.39 is 0 Å². The zero-order valence-electron chi connectivity index (χ0n) is 7.02. The molecule has 0 aliphatic heterocycles. The number of thioether (sulfide) groups is 1. The minimum absolute atomic E-state index is 0.390. The molecule has 0 N–H and O–H groups in total. The largest absolute Gasteiger partial charge is 0.299 e. The van der Waals surface area contributed by atoms with Gasteiger partial charge in [0.2, 0.25) is 0 Å². The van der Waals surface area contributed by atoms with E-state index in [0.717, 1.165) is 12.8 Å². The average molecular weight is 160 g/mol. The van der Waals surface area contributed by atoms with Gasteiger partial charge in [-0.1, -0.05) is 13.8 Å². The van der Waals surface area contributed by atoms with Gasteiger partial charge in [0.05, 0.1) is 5.75 Å². The third-order valence-corrected chi connectivity index (χ3v) is 1.92. The lowest BCUT2D eigenvalue weighted by Crippen LogP contribution is -2.02. The quantitative estimate of drug-likeness (QED) is 0.614. The summed E-state index contributed by atoms with van der Waals surface area (Å²) in [5, 5.41) is 0. The van der Waals surface area contributed by atoms with Crippen LogP contribution in [0.5, 0.6) is 0 Å². The van der Waals surface area contributed by atoms with E-state index in [9.17, 15) is 4.79 Å². The molecule has 0 radical (unpaired) electrons. The van der Waals surface area contributed by atoms with E-state index >= 15 is 0 Å². The summed E-state index contributed by atoms with van der Waals surface area (Å²) in [4.78, 5) is 10.9. The summed E-state index contributed by atoms with van der Waals surface area (Å²) in [7, 11) is 0. The second-order valence-corrected chi connectivity index (χ2v) is 3.77. The van der Waals surface area contributed by atoms with Crippen molar-refractivity contribution >= 4 is 17.5 Å². The van der Waals surface area contributed by atoms with Crippen LogP contribution in [0.1, 0.15) is 26.7 Å². The van der Waals surface area contributed by atoms with Gasteiger partial charge in [0.25, 0.3) is 0 Å². The second-order valence-electron chi connectivity index (χ2n) is 2.90. The number of carbonyl (C=O) groups is 1. The lowest BCUT2D eigenvalue weighted by Gasteiger charge is -2.01. The van der Waals surface area contributed by atoms with Crippen molar-refractivity contribution in [2.75, 3.05) is 12.0 Å². The summed E-state index contributed by atoms with van der Waals surface area (Å²) < 4.78 is 0. The molecule has 0 rings (SSSR count). The third kappa shape index (κ3) is 6.14. The zero-order valence-corrected chi connectivity index (χ0v) is 7.83. The van der Waals surface area contributed by atoms with Crippen molar-refractivity contribution < 1.29 is 4.79 Å². The van der Waals surface area contributed by atoms with E-state index in [1.54, 1.807) is 11.8 Å². The van der Waals surface area contributed by atoms with E-state index in [0.29, 0.717) is 17.5 Å². The molecule has 0 aliphatic rings. The highest BCUT2D eigenvalue weighted by molar-refractivity contribution is 7.99. The van der Waals surface area contributed by atoms with Gasteiger partial charge in [-0.3, -0.25) is 4.79 Å². The Hall–Kier alpha value is 0.0200. The fourth-order valence-corrected chi connectivity index (χ4v) is 1.15. The molecular weight excluding hydrogens is 144 g/mol. The molecule has 2 heteroatoms. The number of Topliss-reactive ketones (excluding diaryl/α,β-unsaturated/α-hetero) is 1. The van der Waals surface area contributed by atoms with Crippen molar-refractivity contribution in [3.63, 3.8) is 0 Å². The Morgan fingerprint density at radius 3 is 2.50 bits per heavy atom. The van der Waals surface area contributed by atoms with Crippen molar-refractivity contribution in [1.82, 2.24) is 0 Å². The van der Waals surface area contributed by atoms with Gasteiger partial charge in [-0.05, 0) is 18.6 Å². The van der Waals surface area contributed by atoms with Crippen LogP contribution in [0.3, 0.4) is 0 Å². The lowest BCUT2D eigenvalue weighted by atomic mass is 10.1. The molecule has 1 nitrogen and oxygen atoms in total. The standard InChI is InChI=1S/C8H16OS/c1-7(2)4-5-8(9)6-10-3/h7H,4-6H2,1-3H3.